The second-order valence-corrected chi connectivity index (χ2v) is 11.4. The van der Waals surface area contributed by atoms with Gasteiger partial charge in [-0.25, -0.2) is 8.42 Å². The van der Waals surface area contributed by atoms with E-state index < -0.39 is 14.9 Å². The number of sulfonamides is 1. The molecule has 0 unspecified atom stereocenters. The first-order valence-corrected chi connectivity index (χ1v) is 13.5. The minimum absolute atomic E-state index is 0.0116. The SMILES string of the molecule is CCC(=Cc1cccc([N+](=O)[O-])c1)C(=O)N1CCC2(CCN(S(=O)(=O)c3cccc(OC)c3)CC2)C1. The van der Waals surface area contributed by atoms with Crippen LogP contribution in [-0.4, -0.2) is 61.7 Å². The van der Waals surface area contributed by atoms with E-state index in [1.165, 1.54) is 29.6 Å². The van der Waals surface area contributed by atoms with Gasteiger partial charge in [0.15, 0.2) is 0 Å². The Morgan fingerprint density at radius 1 is 1.11 bits per heavy atom. The van der Waals surface area contributed by atoms with Crippen molar-refractivity contribution >= 4 is 27.7 Å². The number of nitrogens with zero attached hydrogens (tertiary/aromatic N) is 3. The average molecular weight is 514 g/mol. The second kappa shape index (κ2) is 10.4. The number of nitro benzene ring substituents is 1. The van der Waals surface area contributed by atoms with Crippen LogP contribution in [-0.2, 0) is 14.8 Å². The lowest BCUT2D eigenvalue weighted by Gasteiger charge is -2.38. The molecule has 9 nitrogen and oxygen atoms in total. The Balaban J connectivity index is 1.42. The van der Waals surface area contributed by atoms with E-state index in [0.717, 1.165) is 6.42 Å². The Kier molecular flexibility index (Phi) is 7.46. The van der Waals surface area contributed by atoms with Gasteiger partial charge < -0.3 is 9.64 Å². The zero-order chi connectivity index (χ0) is 25.9. The molecule has 2 aromatic rings. The number of ether oxygens (including phenoxy) is 1. The smallest absolute Gasteiger partial charge is 0.270 e. The molecule has 2 aliphatic rings. The van der Waals surface area contributed by atoms with E-state index in [-0.39, 0.29) is 21.9 Å². The number of amides is 1. The minimum atomic E-state index is -3.62. The summed E-state index contributed by atoms with van der Waals surface area (Å²) in [6.07, 6.45) is 4.45. The number of methoxy groups -OCH3 is 1. The third-order valence-corrected chi connectivity index (χ3v) is 9.16. The maximum Gasteiger partial charge on any atom is 0.270 e. The van der Waals surface area contributed by atoms with Crippen molar-refractivity contribution in [1.29, 1.82) is 0 Å². The molecule has 2 heterocycles. The van der Waals surface area contributed by atoms with Crippen LogP contribution < -0.4 is 4.74 Å². The van der Waals surface area contributed by atoms with Crippen LogP contribution in [0.25, 0.3) is 6.08 Å². The van der Waals surface area contributed by atoms with E-state index >= 15 is 0 Å². The molecular formula is C26H31N3O6S. The molecule has 0 bridgehead atoms. The quantitative estimate of drug-likeness (QED) is 0.313. The molecule has 1 amide bonds. The van der Waals surface area contributed by atoms with Crippen LogP contribution >= 0.6 is 0 Å². The van der Waals surface area contributed by atoms with Crippen molar-refractivity contribution in [3.8, 4) is 5.75 Å². The highest BCUT2D eigenvalue weighted by molar-refractivity contribution is 7.89. The Bertz CT molecular complexity index is 1280. The highest BCUT2D eigenvalue weighted by Crippen LogP contribution is 2.42. The predicted octanol–water partition coefficient (Wildman–Crippen LogP) is 4.10. The number of nitro groups is 1. The van der Waals surface area contributed by atoms with Crippen LogP contribution in [0.4, 0.5) is 5.69 Å². The summed E-state index contributed by atoms with van der Waals surface area (Å²) in [7, 11) is -2.11. The number of carbonyl (C=O) groups is 1. The highest BCUT2D eigenvalue weighted by atomic mass is 32.2. The number of non-ortho nitro benzene ring substituents is 1. The molecule has 192 valence electrons. The van der Waals surface area contributed by atoms with Gasteiger partial charge in [-0.15, -0.1) is 0 Å². The largest absolute Gasteiger partial charge is 0.497 e. The Labute approximate surface area is 211 Å². The van der Waals surface area contributed by atoms with Gasteiger partial charge in [-0.2, -0.15) is 4.31 Å². The van der Waals surface area contributed by atoms with Crippen LogP contribution in [0.1, 0.15) is 38.2 Å². The fraction of sp³-hybridized carbons (Fsp3) is 0.423. The molecule has 0 aliphatic carbocycles. The van der Waals surface area contributed by atoms with E-state index in [2.05, 4.69) is 0 Å². The number of hydrogen-bond donors (Lipinski definition) is 0. The van der Waals surface area contributed by atoms with Crippen molar-refractivity contribution in [2.75, 3.05) is 33.3 Å². The van der Waals surface area contributed by atoms with Crippen molar-refractivity contribution in [2.45, 2.75) is 37.5 Å². The van der Waals surface area contributed by atoms with Gasteiger partial charge in [-0.3, -0.25) is 14.9 Å². The van der Waals surface area contributed by atoms with Gasteiger partial charge in [0, 0.05) is 50.0 Å². The number of likely N-dealkylation sites (tertiary alicyclic amines) is 1. The minimum Gasteiger partial charge on any atom is -0.497 e. The average Bonchev–Trinajstić information content (AvgIpc) is 3.30. The fourth-order valence-corrected chi connectivity index (χ4v) is 6.55. The summed E-state index contributed by atoms with van der Waals surface area (Å²) in [5, 5.41) is 11.1. The van der Waals surface area contributed by atoms with E-state index in [4.69, 9.17) is 4.74 Å². The summed E-state index contributed by atoms with van der Waals surface area (Å²) in [6.45, 7) is 3.92. The first-order valence-electron chi connectivity index (χ1n) is 12.1. The summed E-state index contributed by atoms with van der Waals surface area (Å²) < 4.78 is 33.0. The molecular weight excluding hydrogens is 482 g/mol. The van der Waals surface area contributed by atoms with Gasteiger partial charge in [0.1, 0.15) is 5.75 Å². The summed E-state index contributed by atoms with van der Waals surface area (Å²) in [5.74, 6) is 0.437. The third kappa shape index (κ3) is 5.29. The Morgan fingerprint density at radius 3 is 2.47 bits per heavy atom. The van der Waals surface area contributed by atoms with Crippen LogP contribution in [0.15, 0.2) is 59.0 Å². The molecule has 2 aliphatic heterocycles. The summed E-state index contributed by atoms with van der Waals surface area (Å²) >= 11 is 0. The predicted molar refractivity (Wildman–Crippen MR) is 136 cm³/mol. The molecule has 0 saturated carbocycles. The number of rotatable bonds is 7. The first kappa shape index (κ1) is 25.8. The molecule has 36 heavy (non-hydrogen) atoms. The van der Waals surface area contributed by atoms with Gasteiger partial charge in [0.25, 0.3) is 5.69 Å². The highest BCUT2D eigenvalue weighted by Gasteiger charge is 2.44. The number of benzene rings is 2. The molecule has 10 heteroatoms. The standard InChI is InChI=1S/C26H31N3O6S/c1-3-21(16-20-6-4-7-22(17-20)29(31)32)25(30)27-13-10-26(19-27)11-14-28(15-12-26)36(33,34)24-9-5-8-23(18-24)35-2/h4-9,16-18H,3,10-15,19H2,1-2H3. The van der Waals surface area contributed by atoms with Crippen LogP contribution in [0.5, 0.6) is 5.75 Å². The maximum atomic E-state index is 13.3. The van der Waals surface area contributed by atoms with Gasteiger partial charge in [-0.05, 0) is 54.9 Å². The third-order valence-electron chi connectivity index (χ3n) is 7.27. The van der Waals surface area contributed by atoms with Gasteiger partial charge >= 0.3 is 0 Å². The van der Waals surface area contributed by atoms with Crippen molar-refractivity contribution in [3.05, 3.63) is 69.8 Å². The lowest BCUT2D eigenvalue weighted by atomic mass is 9.78. The van der Waals surface area contributed by atoms with Gasteiger partial charge in [-0.1, -0.05) is 25.1 Å². The Morgan fingerprint density at radius 2 is 1.81 bits per heavy atom. The molecule has 0 N–H and O–H groups in total. The first-order chi connectivity index (χ1) is 17.2. The molecule has 2 aromatic carbocycles. The van der Waals surface area contributed by atoms with Crippen molar-refractivity contribution in [2.24, 2.45) is 5.41 Å². The summed E-state index contributed by atoms with van der Waals surface area (Å²) in [5.41, 5.74) is 1.12. The molecule has 2 fully saturated rings. The van der Waals surface area contributed by atoms with Crippen LogP contribution in [0.2, 0.25) is 0 Å². The van der Waals surface area contributed by atoms with E-state index in [0.29, 0.717) is 62.3 Å². The van der Waals surface area contributed by atoms with E-state index in [1.807, 2.05) is 11.8 Å². The summed E-state index contributed by atoms with van der Waals surface area (Å²) in [6, 6.07) is 12.8. The molecule has 1 spiro atoms. The van der Waals surface area contributed by atoms with Crippen LogP contribution in [0, 0.1) is 15.5 Å². The van der Waals surface area contributed by atoms with Crippen LogP contribution in [0.3, 0.4) is 0 Å². The normalized spacial score (nSPS) is 18.4. The van der Waals surface area contributed by atoms with Crippen molar-refractivity contribution in [3.63, 3.8) is 0 Å². The lowest BCUT2D eigenvalue weighted by Crippen LogP contribution is -2.44. The topological polar surface area (TPSA) is 110 Å². The lowest BCUT2D eigenvalue weighted by molar-refractivity contribution is -0.384. The van der Waals surface area contributed by atoms with Crippen molar-refractivity contribution in [1.82, 2.24) is 9.21 Å². The number of hydrogen-bond acceptors (Lipinski definition) is 6. The molecule has 0 atom stereocenters. The van der Waals surface area contributed by atoms with E-state index in [1.54, 1.807) is 36.4 Å². The second-order valence-electron chi connectivity index (χ2n) is 9.44. The van der Waals surface area contributed by atoms with Gasteiger partial charge in [0.2, 0.25) is 15.9 Å². The fourth-order valence-electron chi connectivity index (χ4n) is 5.08. The summed E-state index contributed by atoms with van der Waals surface area (Å²) in [4.78, 5) is 26.0. The molecule has 0 radical (unpaired) electrons. The van der Waals surface area contributed by atoms with E-state index in [9.17, 15) is 23.3 Å². The molecule has 0 aromatic heterocycles. The zero-order valence-electron chi connectivity index (χ0n) is 20.6. The monoisotopic (exact) mass is 513 g/mol. The molecule has 4 rings (SSSR count). The maximum absolute atomic E-state index is 13.3. The number of piperidine rings is 1. The molecule has 2 saturated heterocycles. The van der Waals surface area contributed by atoms with Gasteiger partial charge in [0.05, 0.1) is 16.9 Å². The number of carbonyl (C=O) groups excluding carboxylic acids is 1. The zero-order valence-corrected chi connectivity index (χ0v) is 21.4. The Hall–Kier alpha value is -3.24. The van der Waals surface area contributed by atoms with Crippen molar-refractivity contribution < 1.29 is 22.9 Å².